The first-order valence-electron chi connectivity index (χ1n) is 8.20. The van der Waals surface area contributed by atoms with E-state index in [1.807, 2.05) is 30.0 Å². The second-order valence-electron chi connectivity index (χ2n) is 6.40. The molecular weight excluding hydrogens is 326 g/mol. The van der Waals surface area contributed by atoms with Gasteiger partial charge in [0.25, 0.3) is 5.91 Å². The van der Waals surface area contributed by atoms with Crippen LogP contribution in [0.15, 0.2) is 24.3 Å². The van der Waals surface area contributed by atoms with Gasteiger partial charge in [0.05, 0.1) is 22.9 Å². The van der Waals surface area contributed by atoms with Gasteiger partial charge in [-0.3, -0.25) is 14.7 Å². The summed E-state index contributed by atoms with van der Waals surface area (Å²) in [7, 11) is 0. The number of carbonyl (C=O) groups excluding carboxylic acids is 1. The summed E-state index contributed by atoms with van der Waals surface area (Å²) in [5.74, 6) is 0.0126. The van der Waals surface area contributed by atoms with Gasteiger partial charge >= 0.3 is 0 Å². The van der Waals surface area contributed by atoms with E-state index in [1.165, 1.54) is 0 Å². The number of piperazine rings is 1. The number of carbonyl (C=O) groups is 1. The number of β-amino-alcohol motifs (C(OH)–C–C–N with tert-alkyl or cyclic N) is 1. The maximum absolute atomic E-state index is 12.9. The van der Waals surface area contributed by atoms with Gasteiger partial charge in [-0.05, 0) is 38.1 Å². The van der Waals surface area contributed by atoms with Crippen LogP contribution < -0.4 is 0 Å². The number of amides is 1. The molecule has 24 heavy (non-hydrogen) atoms. The van der Waals surface area contributed by atoms with Crippen LogP contribution in [-0.2, 0) is 0 Å². The number of halogens is 1. The fraction of sp³-hybridized carbons (Fsp3) is 0.444. The zero-order chi connectivity index (χ0) is 17.3. The molecule has 128 valence electrons. The molecule has 1 aliphatic rings. The average Bonchev–Trinajstić information content (AvgIpc) is 2.54. The Morgan fingerprint density at radius 3 is 2.67 bits per heavy atom. The smallest absolute Gasteiger partial charge is 0.255 e. The fourth-order valence-electron chi connectivity index (χ4n) is 3.14. The summed E-state index contributed by atoms with van der Waals surface area (Å²) in [4.78, 5) is 21.4. The third-order valence-electron chi connectivity index (χ3n) is 4.38. The van der Waals surface area contributed by atoms with Crippen molar-refractivity contribution in [1.82, 2.24) is 14.8 Å². The van der Waals surface area contributed by atoms with E-state index >= 15 is 0 Å². The van der Waals surface area contributed by atoms with Gasteiger partial charge < -0.3 is 10.0 Å². The van der Waals surface area contributed by atoms with Crippen molar-refractivity contribution in [2.75, 3.05) is 32.7 Å². The second-order valence-corrected chi connectivity index (χ2v) is 6.84. The van der Waals surface area contributed by atoms with Crippen LogP contribution in [0.3, 0.4) is 0 Å². The van der Waals surface area contributed by atoms with Gasteiger partial charge in [-0.1, -0.05) is 11.6 Å². The van der Waals surface area contributed by atoms with Crippen LogP contribution in [0, 0.1) is 6.92 Å². The highest BCUT2D eigenvalue weighted by molar-refractivity contribution is 6.31. The summed E-state index contributed by atoms with van der Waals surface area (Å²) in [6.07, 6.45) is -0.344. The Bertz CT molecular complexity index is 755. The van der Waals surface area contributed by atoms with E-state index in [1.54, 1.807) is 13.0 Å². The summed E-state index contributed by atoms with van der Waals surface area (Å²) < 4.78 is 0. The predicted molar refractivity (Wildman–Crippen MR) is 95.5 cm³/mol. The molecule has 1 aromatic carbocycles. The Kier molecular flexibility index (Phi) is 5.04. The Balaban J connectivity index is 1.78. The van der Waals surface area contributed by atoms with Gasteiger partial charge in [-0.2, -0.15) is 0 Å². The van der Waals surface area contributed by atoms with Gasteiger partial charge in [0.15, 0.2) is 0 Å². The number of fused-ring (bicyclic) bond motifs is 1. The highest BCUT2D eigenvalue weighted by Crippen LogP contribution is 2.22. The van der Waals surface area contributed by atoms with E-state index in [-0.39, 0.29) is 12.0 Å². The molecule has 3 rings (SSSR count). The molecule has 2 aromatic rings. The first-order chi connectivity index (χ1) is 11.4. The van der Waals surface area contributed by atoms with E-state index in [0.717, 1.165) is 29.7 Å². The molecule has 1 amide bonds. The normalized spacial score (nSPS) is 17.2. The molecule has 0 bridgehead atoms. The lowest BCUT2D eigenvalue weighted by Crippen LogP contribution is -2.50. The standard InChI is InChI=1S/C18H22ClN3O2/c1-12(23)11-21-5-7-22(8-6-21)18(24)16-10-14-9-15(19)3-4-17(14)20-13(16)2/h3-4,9-10,12,23H,5-8,11H2,1-2H3/t12-/m0/s1. The number of aliphatic hydroxyl groups is 1. The highest BCUT2D eigenvalue weighted by atomic mass is 35.5. The van der Waals surface area contributed by atoms with E-state index in [2.05, 4.69) is 9.88 Å². The number of aliphatic hydroxyl groups excluding tert-OH is 1. The maximum Gasteiger partial charge on any atom is 0.255 e. The second kappa shape index (κ2) is 7.05. The minimum atomic E-state index is -0.344. The van der Waals surface area contributed by atoms with Crippen LogP contribution in [0.25, 0.3) is 10.9 Å². The summed E-state index contributed by atoms with van der Waals surface area (Å²) in [6.45, 7) is 7.19. The van der Waals surface area contributed by atoms with Crippen LogP contribution in [0.2, 0.25) is 5.02 Å². The van der Waals surface area contributed by atoms with Crippen molar-refractivity contribution in [2.45, 2.75) is 20.0 Å². The van der Waals surface area contributed by atoms with Crippen molar-refractivity contribution >= 4 is 28.4 Å². The van der Waals surface area contributed by atoms with Crippen LogP contribution >= 0.6 is 11.6 Å². The van der Waals surface area contributed by atoms with E-state index in [4.69, 9.17) is 11.6 Å². The Morgan fingerprint density at radius 1 is 1.29 bits per heavy atom. The van der Waals surface area contributed by atoms with Gasteiger partial charge in [0.2, 0.25) is 0 Å². The SMILES string of the molecule is Cc1nc2ccc(Cl)cc2cc1C(=O)N1CCN(C[C@H](C)O)CC1. The van der Waals surface area contributed by atoms with Crippen molar-refractivity contribution in [3.05, 3.63) is 40.5 Å². The molecule has 0 spiro atoms. The summed E-state index contributed by atoms with van der Waals surface area (Å²) in [6, 6.07) is 7.39. The minimum absolute atomic E-state index is 0.0126. The van der Waals surface area contributed by atoms with Crippen molar-refractivity contribution in [1.29, 1.82) is 0 Å². The Hall–Kier alpha value is -1.69. The molecule has 1 atom stereocenters. The lowest BCUT2D eigenvalue weighted by atomic mass is 10.1. The molecule has 2 heterocycles. The number of rotatable bonds is 3. The quantitative estimate of drug-likeness (QED) is 0.926. The fourth-order valence-corrected chi connectivity index (χ4v) is 3.32. The molecule has 0 saturated carbocycles. The number of pyridine rings is 1. The molecule has 1 N–H and O–H groups in total. The monoisotopic (exact) mass is 347 g/mol. The van der Waals surface area contributed by atoms with E-state index in [9.17, 15) is 9.90 Å². The highest BCUT2D eigenvalue weighted by Gasteiger charge is 2.24. The lowest BCUT2D eigenvalue weighted by molar-refractivity contribution is 0.0553. The number of aromatic nitrogens is 1. The molecule has 6 heteroatoms. The molecule has 0 aliphatic carbocycles. The largest absolute Gasteiger partial charge is 0.392 e. The van der Waals surface area contributed by atoms with Gasteiger partial charge in [-0.25, -0.2) is 0 Å². The number of benzene rings is 1. The van der Waals surface area contributed by atoms with E-state index < -0.39 is 0 Å². The van der Waals surface area contributed by atoms with Crippen molar-refractivity contribution in [3.8, 4) is 0 Å². The first-order valence-corrected chi connectivity index (χ1v) is 8.58. The number of nitrogens with zero attached hydrogens (tertiary/aromatic N) is 3. The molecule has 5 nitrogen and oxygen atoms in total. The first kappa shape index (κ1) is 17.1. The van der Waals surface area contributed by atoms with Crippen molar-refractivity contribution in [2.24, 2.45) is 0 Å². The van der Waals surface area contributed by atoms with Crippen molar-refractivity contribution in [3.63, 3.8) is 0 Å². The van der Waals surface area contributed by atoms with Crippen LogP contribution in [0.4, 0.5) is 0 Å². The molecule has 1 saturated heterocycles. The molecule has 1 aliphatic heterocycles. The summed E-state index contributed by atoms with van der Waals surface area (Å²) in [5.41, 5.74) is 2.21. The summed E-state index contributed by atoms with van der Waals surface area (Å²) >= 11 is 6.05. The average molecular weight is 348 g/mol. The third kappa shape index (κ3) is 3.69. The third-order valence-corrected chi connectivity index (χ3v) is 4.61. The van der Waals surface area contributed by atoms with Gasteiger partial charge in [0, 0.05) is 43.1 Å². The lowest BCUT2D eigenvalue weighted by Gasteiger charge is -2.35. The minimum Gasteiger partial charge on any atom is -0.392 e. The maximum atomic E-state index is 12.9. The number of aryl methyl sites for hydroxylation is 1. The molecule has 0 unspecified atom stereocenters. The predicted octanol–water partition coefficient (Wildman–Crippen LogP) is 2.34. The van der Waals surface area contributed by atoms with E-state index in [0.29, 0.717) is 30.2 Å². The molecular formula is C18H22ClN3O2. The Labute approximate surface area is 146 Å². The zero-order valence-corrected chi connectivity index (χ0v) is 14.8. The number of hydrogen-bond acceptors (Lipinski definition) is 4. The van der Waals surface area contributed by atoms with Gasteiger partial charge in [-0.15, -0.1) is 0 Å². The van der Waals surface area contributed by atoms with Crippen LogP contribution in [0.1, 0.15) is 23.0 Å². The molecule has 1 fully saturated rings. The summed E-state index contributed by atoms with van der Waals surface area (Å²) in [5, 5.41) is 11.0. The van der Waals surface area contributed by atoms with Crippen LogP contribution in [0.5, 0.6) is 0 Å². The zero-order valence-electron chi connectivity index (χ0n) is 14.0. The van der Waals surface area contributed by atoms with Crippen LogP contribution in [-0.4, -0.2) is 64.6 Å². The van der Waals surface area contributed by atoms with Crippen molar-refractivity contribution < 1.29 is 9.90 Å². The number of hydrogen-bond donors (Lipinski definition) is 1. The van der Waals surface area contributed by atoms with Gasteiger partial charge in [0.1, 0.15) is 0 Å². The Morgan fingerprint density at radius 2 is 2.00 bits per heavy atom. The topological polar surface area (TPSA) is 56.7 Å². The molecule has 1 aromatic heterocycles. The molecule has 0 radical (unpaired) electrons.